The number of hydrogen-bond donors (Lipinski definition) is 1. The number of nitrogens with zero attached hydrogens (tertiary/aromatic N) is 2. The van der Waals surface area contributed by atoms with Crippen LogP contribution in [0.5, 0.6) is 0 Å². The highest BCUT2D eigenvalue weighted by atomic mass is 16.5. The largest absolute Gasteiger partial charge is 0.377 e. The maximum absolute atomic E-state index is 11.8. The number of rotatable bonds is 0. The van der Waals surface area contributed by atoms with Crippen LogP contribution in [0.1, 0.15) is 12.0 Å². The van der Waals surface area contributed by atoms with E-state index in [1.165, 1.54) is 0 Å². The molecule has 5 heteroatoms. The molecule has 3 heterocycles. The molecule has 1 atom stereocenters. The van der Waals surface area contributed by atoms with E-state index < -0.39 is 0 Å². The van der Waals surface area contributed by atoms with Crippen LogP contribution in [0.4, 0.5) is 11.5 Å². The predicted molar refractivity (Wildman–Crippen MR) is 64.2 cm³/mol. The van der Waals surface area contributed by atoms with Crippen LogP contribution in [0.2, 0.25) is 0 Å². The molecule has 1 fully saturated rings. The molecule has 1 amide bonds. The van der Waals surface area contributed by atoms with E-state index in [1.54, 1.807) is 6.20 Å². The molecular weight excluding hydrogens is 218 g/mol. The molecule has 0 bridgehead atoms. The van der Waals surface area contributed by atoms with E-state index in [4.69, 9.17) is 4.74 Å². The van der Waals surface area contributed by atoms with Gasteiger partial charge in [-0.3, -0.25) is 4.79 Å². The fraction of sp³-hybridized carbons (Fsp3) is 0.500. The highest BCUT2D eigenvalue weighted by Crippen LogP contribution is 2.32. The molecular formula is C12H15N3O2. The Bertz CT molecular complexity index is 461. The normalized spacial score (nSPS) is 23.5. The quantitative estimate of drug-likeness (QED) is 0.724. The molecule has 1 aromatic rings. The van der Waals surface area contributed by atoms with Crippen LogP contribution in [0.25, 0.3) is 0 Å². The topological polar surface area (TPSA) is 54.5 Å². The van der Waals surface area contributed by atoms with Crippen molar-refractivity contribution in [3.05, 3.63) is 17.8 Å². The van der Waals surface area contributed by atoms with Gasteiger partial charge in [-0.2, -0.15) is 0 Å². The maximum atomic E-state index is 11.8. The van der Waals surface area contributed by atoms with Crippen molar-refractivity contribution in [2.75, 3.05) is 30.0 Å². The summed E-state index contributed by atoms with van der Waals surface area (Å²) in [6.45, 7) is 4.08. The van der Waals surface area contributed by atoms with Crippen molar-refractivity contribution in [2.24, 2.45) is 0 Å². The van der Waals surface area contributed by atoms with Gasteiger partial charge in [-0.25, -0.2) is 4.98 Å². The van der Waals surface area contributed by atoms with Crippen molar-refractivity contribution in [2.45, 2.75) is 19.4 Å². The van der Waals surface area contributed by atoms with Gasteiger partial charge in [0.05, 0.1) is 24.9 Å². The van der Waals surface area contributed by atoms with Crippen LogP contribution in [-0.4, -0.2) is 36.7 Å². The van der Waals surface area contributed by atoms with Crippen molar-refractivity contribution in [3.8, 4) is 0 Å². The van der Waals surface area contributed by atoms with Crippen molar-refractivity contribution in [1.82, 2.24) is 4.98 Å². The number of ether oxygens (including phenoxy) is 1. The number of pyridine rings is 1. The molecule has 5 nitrogen and oxygen atoms in total. The number of aromatic nitrogens is 1. The Morgan fingerprint density at radius 2 is 2.47 bits per heavy atom. The first-order valence-corrected chi connectivity index (χ1v) is 5.85. The third-order valence-corrected chi connectivity index (χ3v) is 3.32. The van der Waals surface area contributed by atoms with Crippen LogP contribution in [-0.2, 0) is 9.53 Å². The van der Waals surface area contributed by atoms with E-state index in [0.29, 0.717) is 19.6 Å². The number of morpholine rings is 1. The second-order valence-electron chi connectivity index (χ2n) is 4.50. The molecule has 1 aromatic heterocycles. The van der Waals surface area contributed by atoms with Gasteiger partial charge in [-0.05, 0) is 18.6 Å². The van der Waals surface area contributed by atoms with Crippen molar-refractivity contribution in [1.29, 1.82) is 0 Å². The summed E-state index contributed by atoms with van der Waals surface area (Å²) in [6, 6.07) is 2.03. The summed E-state index contributed by atoms with van der Waals surface area (Å²) >= 11 is 0. The van der Waals surface area contributed by atoms with Crippen molar-refractivity contribution >= 4 is 17.4 Å². The van der Waals surface area contributed by atoms with E-state index in [2.05, 4.69) is 15.2 Å². The van der Waals surface area contributed by atoms with E-state index in [9.17, 15) is 4.79 Å². The minimum absolute atomic E-state index is 0.0420. The number of carbonyl (C=O) groups excluding carboxylic acids is 1. The van der Waals surface area contributed by atoms with Gasteiger partial charge >= 0.3 is 0 Å². The van der Waals surface area contributed by atoms with E-state index in [-0.39, 0.29) is 11.9 Å². The molecule has 0 spiro atoms. The molecule has 1 saturated heterocycles. The van der Waals surface area contributed by atoms with E-state index in [0.717, 1.165) is 23.6 Å². The Labute approximate surface area is 99.8 Å². The lowest BCUT2D eigenvalue weighted by molar-refractivity contribution is -0.116. The zero-order valence-corrected chi connectivity index (χ0v) is 9.77. The number of anilines is 2. The molecule has 1 unspecified atom stereocenters. The lowest BCUT2D eigenvalue weighted by Gasteiger charge is -2.35. The van der Waals surface area contributed by atoms with Gasteiger partial charge in [-0.1, -0.05) is 0 Å². The van der Waals surface area contributed by atoms with Gasteiger partial charge < -0.3 is 15.0 Å². The molecule has 0 radical (unpaired) electrons. The maximum Gasteiger partial charge on any atom is 0.226 e. The highest BCUT2D eigenvalue weighted by molar-refractivity contribution is 5.96. The summed E-state index contributed by atoms with van der Waals surface area (Å²) in [5.41, 5.74) is 1.90. The smallest absolute Gasteiger partial charge is 0.226 e. The Morgan fingerprint density at radius 3 is 3.35 bits per heavy atom. The number of nitrogens with one attached hydrogen (secondary N) is 1. The summed E-state index contributed by atoms with van der Waals surface area (Å²) in [5.74, 6) is 0.921. The number of carbonyl (C=O) groups is 1. The average molecular weight is 233 g/mol. The van der Waals surface area contributed by atoms with Gasteiger partial charge in [0.25, 0.3) is 0 Å². The summed E-state index contributed by atoms with van der Waals surface area (Å²) < 4.78 is 5.44. The third kappa shape index (κ3) is 1.76. The first-order valence-electron chi connectivity index (χ1n) is 5.85. The van der Waals surface area contributed by atoms with Crippen LogP contribution < -0.4 is 10.2 Å². The summed E-state index contributed by atoms with van der Waals surface area (Å²) in [6.07, 6.45) is 2.26. The number of fused-ring (bicyclic) bond motifs is 3. The van der Waals surface area contributed by atoms with Gasteiger partial charge in [0, 0.05) is 19.2 Å². The molecule has 2 aliphatic heterocycles. The monoisotopic (exact) mass is 233 g/mol. The minimum atomic E-state index is 0.0420. The highest BCUT2D eigenvalue weighted by Gasteiger charge is 2.31. The van der Waals surface area contributed by atoms with E-state index in [1.807, 2.05) is 13.0 Å². The molecule has 3 rings (SSSR count). The van der Waals surface area contributed by atoms with E-state index >= 15 is 0 Å². The van der Waals surface area contributed by atoms with Crippen LogP contribution in [0.15, 0.2) is 12.3 Å². The van der Waals surface area contributed by atoms with Crippen molar-refractivity contribution < 1.29 is 9.53 Å². The molecule has 1 N–H and O–H groups in total. The standard InChI is InChI=1S/C12H15N3O2/c1-8-2-3-13-12-11(8)14-10(16)6-9-7-17-5-4-15(9)12/h2-3,9H,4-7H2,1H3,(H,14,16). The van der Waals surface area contributed by atoms with Gasteiger partial charge in [-0.15, -0.1) is 0 Å². The second kappa shape index (κ2) is 4.00. The fourth-order valence-electron chi connectivity index (χ4n) is 2.42. The Balaban J connectivity index is 2.09. The Hall–Kier alpha value is -1.62. The van der Waals surface area contributed by atoms with Crippen molar-refractivity contribution in [3.63, 3.8) is 0 Å². The summed E-state index contributed by atoms with van der Waals surface area (Å²) in [4.78, 5) is 18.4. The van der Waals surface area contributed by atoms with Crippen LogP contribution >= 0.6 is 0 Å². The Kier molecular flexibility index (Phi) is 2.48. The number of amides is 1. The van der Waals surface area contributed by atoms with Gasteiger partial charge in [0.2, 0.25) is 5.91 Å². The molecule has 0 aliphatic carbocycles. The lowest BCUT2D eigenvalue weighted by atomic mass is 10.1. The summed E-state index contributed by atoms with van der Waals surface area (Å²) in [7, 11) is 0. The molecule has 90 valence electrons. The van der Waals surface area contributed by atoms with Crippen LogP contribution in [0, 0.1) is 6.92 Å². The number of aryl methyl sites for hydroxylation is 1. The first kappa shape index (κ1) is 10.5. The Morgan fingerprint density at radius 1 is 1.59 bits per heavy atom. The number of hydrogen-bond acceptors (Lipinski definition) is 4. The fourth-order valence-corrected chi connectivity index (χ4v) is 2.42. The minimum Gasteiger partial charge on any atom is -0.377 e. The molecule has 0 aromatic carbocycles. The van der Waals surface area contributed by atoms with Gasteiger partial charge in [0.1, 0.15) is 0 Å². The molecule has 17 heavy (non-hydrogen) atoms. The zero-order chi connectivity index (χ0) is 11.8. The predicted octanol–water partition coefficient (Wildman–Crippen LogP) is 0.937. The molecule has 0 saturated carbocycles. The van der Waals surface area contributed by atoms with Gasteiger partial charge in [0.15, 0.2) is 5.82 Å². The first-order chi connectivity index (χ1) is 8.25. The van der Waals surface area contributed by atoms with Crippen LogP contribution in [0.3, 0.4) is 0 Å². The third-order valence-electron chi connectivity index (χ3n) is 3.32. The summed E-state index contributed by atoms with van der Waals surface area (Å²) in [5, 5.41) is 2.95. The SMILES string of the molecule is Cc1ccnc2c1NC(=O)CC1COCCN21. The zero-order valence-electron chi connectivity index (χ0n) is 9.77. The lowest BCUT2D eigenvalue weighted by Crippen LogP contribution is -2.46. The average Bonchev–Trinajstić information content (AvgIpc) is 2.46. The molecule has 2 aliphatic rings. The second-order valence-corrected chi connectivity index (χ2v) is 4.50.